The van der Waals surface area contributed by atoms with Crippen LogP contribution in [0.5, 0.6) is 5.75 Å². The molecule has 3 N–H and O–H groups in total. The molecule has 5 nitrogen and oxygen atoms in total. The highest BCUT2D eigenvalue weighted by atomic mass is 16.6. The number of phenols is 1. The van der Waals surface area contributed by atoms with Crippen molar-refractivity contribution in [3.63, 3.8) is 0 Å². The van der Waals surface area contributed by atoms with Crippen LogP contribution in [0.3, 0.4) is 0 Å². The van der Waals surface area contributed by atoms with Gasteiger partial charge in [-0.3, -0.25) is 0 Å². The Balaban J connectivity index is 1.86. The van der Waals surface area contributed by atoms with E-state index in [0.717, 1.165) is 19.3 Å². The first-order valence-electron chi connectivity index (χ1n) is 8.33. The summed E-state index contributed by atoms with van der Waals surface area (Å²) in [5.74, 6) is 0.322. The van der Waals surface area contributed by atoms with Crippen molar-refractivity contribution >= 4 is 6.09 Å². The minimum atomic E-state index is -0.484. The summed E-state index contributed by atoms with van der Waals surface area (Å²) in [6.07, 6.45) is 2.45. The van der Waals surface area contributed by atoms with Gasteiger partial charge in [-0.2, -0.15) is 0 Å². The fraction of sp³-hybridized carbons (Fsp3) is 0.611. The lowest BCUT2D eigenvalue weighted by Crippen LogP contribution is -2.44. The number of ether oxygens (including phenoxy) is 1. The number of rotatable bonds is 5. The highest BCUT2D eigenvalue weighted by Gasteiger charge is 2.24. The summed E-state index contributed by atoms with van der Waals surface area (Å²) in [6, 6.07) is 5.87. The minimum absolute atomic E-state index is 0.0333. The predicted molar refractivity (Wildman–Crippen MR) is 90.6 cm³/mol. The molecule has 0 bridgehead atoms. The largest absolute Gasteiger partial charge is 0.508 e. The number of aromatic hydroxyl groups is 1. The van der Waals surface area contributed by atoms with E-state index in [1.807, 2.05) is 39.8 Å². The quantitative estimate of drug-likeness (QED) is 0.779. The molecular weight excluding hydrogens is 292 g/mol. The van der Waals surface area contributed by atoms with Crippen molar-refractivity contribution in [2.75, 3.05) is 6.54 Å². The van der Waals surface area contributed by atoms with Gasteiger partial charge in [0.25, 0.3) is 0 Å². The molecule has 0 radical (unpaired) electrons. The number of carbonyl (C=O) groups is 1. The second kappa shape index (κ2) is 7.21. The summed E-state index contributed by atoms with van der Waals surface area (Å²) in [5, 5.41) is 16.0. The van der Waals surface area contributed by atoms with Crippen molar-refractivity contribution in [1.29, 1.82) is 0 Å². The maximum absolute atomic E-state index is 11.9. The van der Waals surface area contributed by atoms with Gasteiger partial charge in [0, 0.05) is 18.6 Å². The van der Waals surface area contributed by atoms with Gasteiger partial charge in [0.1, 0.15) is 11.4 Å². The average Bonchev–Trinajstić information content (AvgIpc) is 2.83. The number of hydrogen-bond donors (Lipinski definition) is 3. The normalized spacial score (nSPS) is 18.3. The topological polar surface area (TPSA) is 70.6 Å². The summed E-state index contributed by atoms with van der Waals surface area (Å²) in [6.45, 7) is 8.31. The van der Waals surface area contributed by atoms with Gasteiger partial charge in [-0.25, -0.2) is 4.79 Å². The van der Waals surface area contributed by atoms with Crippen LogP contribution in [0.2, 0.25) is 0 Å². The van der Waals surface area contributed by atoms with Crippen LogP contribution in [0.4, 0.5) is 4.79 Å². The lowest BCUT2D eigenvalue weighted by Gasteiger charge is -2.24. The molecule has 128 valence electrons. The smallest absolute Gasteiger partial charge is 0.407 e. The molecule has 2 rings (SSSR count). The van der Waals surface area contributed by atoms with Gasteiger partial charge in [0.2, 0.25) is 0 Å². The molecule has 0 aliphatic heterocycles. The Bertz CT molecular complexity index is 552. The molecule has 0 fully saturated rings. The minimum Gasteiger partial charge on any atom is -0.508 e. The molecule has 0 spiro atoms. The summed E-state index contributed by atoms with van der Waals surface area (Å²) >= 11 is 0. The maximum atomic E-state index is 11.9. The van der Waals surface area contributed by atoms with E-state index in [1.165, 1.54) is 11.1 Å². The number of hydrogen-bond acceptors (Lipinski definition) is 4. The molecule has 1 aliphatic carbocycles. The first-order chi connectivity index (χ1) is 10.8. The van der Waals surface area contributed by atoms with Gasteiger partial charge in [-0.05, 0) is 63.3 Å². The van der Waals surface area contributed by atoms with E-state index in [1.54, 1.807) is 6.07 Å². The highest BCUT2D eigenvalue weighted by Crippen LogP contribution is 2.33. The van der Waals surface area contributed by atoms with E-state index in [2.05, 4.69) is 10.6 Å². The van der Waals surface area contributed by atoms with Crippen LogP contribution < -0.4 is 10.6 Å². The van der Waals surface area contributed by atoms with Gasteiger partial charge >= 0.3 is 6.09 Å². The van der Waals surface area contributed by atoms with E-state index in [9.17, 15) is 9.90 Å². The zero-order valence-electron chi connectivity index (χ0n) is 14.5. The SMILES string of the molecule is CCC(CNC1CCc2cc(O)ccc21)NC(=O)OC(C)(C)C. The van der Waals surface area contributed by atoms with Gasteiger partial charge in [0.15, 0.2) is 0 Å². The fourth-order valence-corrected chi connectivity index (χ4v) is 2.87. The molecule has 5 heteroatoms. The third-order valence-electron chi connectivity index (χ3n) is 4.03. The van der Waals surface area contributed by atoms with Crippen molar-refractivity contribution in [1.82, 2.24) is 10.6 Å². The molecule has 1 aromatic rings. The lowest BCUT2D eigenvalue weighted by molar-refractivity contribution is 0.0502. The molecule has 2 atom stereocenters. The number of nitrogens with one attached hydrogen (secondary N) is 2. The fourth-order valence-electron chi connectivity index (χ4n) is 2.87. The number of aryl methyl sites for hydroxylation is 1. The van der Waals surface area contributed by atoms with Gasteiger partial charge in [0.05, 0.1) is 0 Å². The third-order valence-corrected chi connectivity index (χ3v) is 4.03. The van der Waals surface area contributed by atoms with E-state index in [-0.39, 0.29) is 18.2 Å². The summed E-state index contributed by atoms with van der Waals surface area (Å²) in [4.78, 5) is 11.9. The molecule has 0 saturated heterocycles. The van der Waals surface area contributed by atoms with E-state index >= 15 is 0 Å². The molecule has 0 saturated carbocycles. The Kier molecular flexibility index (Phi) is 5.52. The molecular formula is C18H28N2O3. The van der Waals surface area contributed by atoms with Crippen LogP contribution in [-0.4, -0.2) is 29.4 Å². The van der Waals surface area contributed by atoms with E-state index in [0.29, 0.717) is 12.3 Å². The first-order valence-corrected chi connectivity index (χ1v) is 8.33. The van der Waals surface area contributed by atoms with Crippen molar-refractivity contribution in [2.24, 2.45) is 0 Å². The maximum Gasteiger partial charge on any atom is 0.407 e. The van der Waals surface area contributed by atoms with Crippen LogP contribution in [0.15, 0.2) is 18.2 Å². The molecule has 1 amide bonds. The Labute approximate surface area is 138 Å². The Morgan fingerprint density at radius 3 is 2.83 bits per heavy atom. The van der Waals surface area contributed by atoms with Crippen LogP contribution in [0.25, 0.3) is 0 Å². The summed E-state index contributed by atoms with van der Waals surface area (Å²) < 4.78 is 5.31. The molecule has 0 heterocycles. The van der Waals surface area contributed by atoms with E-state index in [4.69, 9.17) is 4.74 Å². The number of fused-ring (bicyclic) bond motifs is 1. The average molecular weight is 320 g/mol. The molecule has 23 heavy (non-hydrogen) atoms. The summed E-state index contributed by atoms with van der Waals surface area (Å²) in [7, 11) is 0. The van der Waals surface area contributed by atoms with Crippen molar-refractivity contribution < 1.29 is 14.6 Å². The number of phenolic OH excluding ortho intramolecular Hbond substituents is 1. The Hall–Kier alpha value is -1.75. The van der Waals surface area contributed by atoms with Crippen LogP contribution in [0.1, 0.15) is 57.7 Å². The number of carbonyl (C=O) groups excluding carboxylic acids is 1. The monoisotopic (exact) mass is 320 g/mol. The lowest BCUT2D eigenvalue weighted by atomic mass is 10.1. The van der Waals surface area contributed by atoms with Crippen LogP contribution in [0, 0.1) is 0 Å². The predicted octanol–water partition coefficient (Wildman–Crippen LogP) is 3.27. The van der Waals surface area contributed by atoms with Gasteiger partial charge < -0.3 is 20.5 Å². The van der Waals surface area contributed by atoms with Crippen LogP contribution >= 0.6 is 0 Å². The highest BCUT2D eigenvalue weighted by molar-refractivity contribution is 5.68. The number of benzene rings is 1. The van der Waals surface area contributed by atoms with Crippen molar-refractivity contribution in [3.8, 4) is 5.75 Å². The second-order valence-corrected chi connectivity index (χ2v) is 7.13. The number of amides is 1. The molecule has 2 unspecified atom stereocenters. The first kappa shape index (κ1) is 17.6. The van der Waals surface area contributed by atoms with Gasteiger partial charge in [-0.15, -0.1) is 0 Å². The summed E-state index contributed by atoms with van der Waals surface area (Å²) in [5.41, 5.74) is 1.97. The van der Waals surface area contributed by atoms with E-state index < -0.39 is 5.60 Å². The Morgan fingerprint density at radius 1 is 1.43 bits per heavy atom. The van der Waals surface area contributed by atoms with Gasteiger partial charge in [-0.1, -0.05) is 13.0 Å². The third kappa shape index (κ3) is 5.13. The molecule has 0 aromatic heterocycles. The van der Waals surface area contributed by atoms with Crippen molar-refractivity contribution in [3.05, 3.63) is 29.3 Å². The molecule has 1 aromatic carbocycles. The zero-order valence-corrected chi connectivity index (χ0v) is 14.5. The Morgan fingerprint density at radius 2 is 2.17 bits per heavy atom. The molecule has 1 aliphatic rings. The number of alkyl carbamates (subject to hydrolysis) is 1. The zero-order chi connectivity index (χ0) is 17.0. The van der Waals surface area contributed by atoms with Crippen LogP contribution in [-0.2, 0) is 11.2 Å². The van der Waals surface area contributed by atoms with Crippen molar-refractivity contribution in [2.45, 2.75) is 64.6 Å². The standard InChI is InChI=1S/C18H28N2O3/c1-5-13(20-17(22)23-18(2,3)4)11-19-16-9-6-12-10-14(21)7-8-15(12)16/h7-8,10,13,16,19,21H,5-6,9,11H2,1-4H3,(H,20,22). The second-order valence-electron chi connectivity index (χ2n) is 7.13.